The monoisotopic (exact) mass is 601 g/mol. The number of amides is 2. The SMILES string of the molecule is CCOc1cc(C=NNC(=O)CC(=O)Nc2ccccc2Br)cc(Br)c1OCc1ccc(C)cc1. The van der Waals surface area contributed by atoms with Gasteiger partial charge in [0, 0.05) is 4.47 Å². The number of hydrazone groups is 1. The van der Waals surface area contributed by atoms with Gasteiger partial charge in [0.1, 0.15) is 13.0 Å². The summed E-state index contributed by atoms with van der Waals surface area (Å²) in [4.78, 5) is 24.2. The van der Waals surface area contributed by atoms with Crippen LogP contribution in [0.1, 0.15) is 30.0 Å². The second-order valence-electron chi connectivity index (χ2n) is 7.54. The van der Waals surface area contributed by atoms with Gasteiger partial charge in [-0.1, -0.05) is 42.0 Å². The molecule has 0 fully saturated rings. The molecule has 2 N–H and O–H groups in total. The Morgan fingerprint density at radius 2 is 1.71 bits per heavy atom. The lowest BCUT2D eigenvalue weighted by molar-refractivity contribution is -0.126. The highest BCUT2D eigenvalue weighted by atomic mass is 79.9. The number of nitrogens with one attached hydrogen (secondary N) is 2. The maximum Gasteiger partial charge on any atom is 0.249 e. The van der Waals surface area contributed by atoms with Crippen molar-refractivity contribution in [2.75, 3.05) is 11.9 Å². The van der Waals surface area contributed by atoms with E-state index in [9.17, 15) is 9.59 Å². The summed E-state index contributed by atoms with van der Waals surface area (Å²) in [5, 5.41) is 6.64. The van der Waals surface area contributed by atoms with E-state index in [0.717, 1.165) is 10.0 Å². The van der Waals surface area contributed by atoms with Crippen LogP contribution < -0.4 is 20.2 Å². The molecule has 9 heteroatoms. The van der Waals surface area contributed by atoms with Crippen molar-refractivity contribution in [3.8, 4) is 11.5 Å². The van der Waals surface area contributed by atoms with Gasteiger partial charge in [0.2, 0.25) is 11.8 Å². The molecule has 0 aliphatic rings. The Balaban J connectivity index is 1.60. The molecule has 0 bridgehead atoms. The molecular formula is C26H25Br2N3O4. The Labute approximate surface area is 221 Å². The number of rotatable bonds is 10. The van der Waals surface area contributed by atoms with Crippen LogP contribution in [0.2, 0.25) is 0 Å². The minimum Gasteiger partial charge on any atom is -0.490 e. The van der Waals surface area contributed by atoms with E-state index in [2.05, 4.69) is 47.7 Å². The predicted molar refractivity (Wildman–Crippen MR) is 144 cm³/mol. The Morgan fingerprint density at radius 3 is 2.43 bits per heavy atom. The number of ether oxygens (including phenoxy) is 2. The molecule has 3 aromatic rings. The van der Waals surface area contributed by atoms with E-state index in [-0.39, 0.29) is 6.42 Å². The Kier molecular flexibility index (Phi) is 9.86. The Bertz CT molecular complexity index is 1210. The number of aryl methyl sites for hydroxylation is 1. The third kappa shape index (κ3) is 8.22. The third-order valence-electron chi connectivity index (χ3n) is 4.71. The largest absolute Gasteiger partial charge is 0.490 e. The molecule has 182 valence electrons. The molecule has 7 nitrogen and oxygen atoms in total. The first-order valence-corrected chi connectivity index (χ1v) is 12.4. The number of nitrogens with zero attached hydrogens (tertiary/aromatic N) is 1. The number of carbonyl (C=O) groups excluding carboxylic acids is 2. The lowest BCUT2D eigenvalue weighted by Gasteiger charge is -2.15. The number of anilines is 1. The highest BCUT2D eigenvalue weighted by Gasteiger charge is 2.13. The zero-order chi connectivity index (χ0) is 25.2. The summed E-state index contributed by atoms with van der Waals surface area (Å²) in [5.41, 5.74) is 5.87. The van der Waals surface area contributed by atoms with E-state index in [1.54, 1.807) is 24.3 Å². The number of para-hydroxylation sites is 1. The molecule has 0 aliphatic carbocycles. The Hall–Kier alpha value is -3.17. The van der Waals surface area contributed by atoms with Crippen molar-refractivity contribution in [1.29, 1.82) is 0 Å². The summed E-state index contributed by atoms with van der Waals surface area (Å²) < 4.78 is 13.2. The fourth-order valence-corrected chi connectivity index (χ4v) is 3.98. The predicted octanol–water partition coefficient (Wildman–Crippen LogP) is 5.98. The van der Waals surface area contributed by atoms with Gasteiger partial charge in [-0.2, -0.15) is 5.10 Å². The molecule has 2 amide bonds. The second-order valence-corrected chi connectivity index (χ2v) is 9.24. The van der Waals surface area contributed by atoms with Crippen LogP contribution in [0.4, 0.5) is 5.69 Å². The molecule has 35 heavy (non-hydrogen) atoms. The van der Waals surface area contributed by atoms with Crippen molar-refractivity contribution in [1.82, 2.24) is 5.43 Å². The second kappa shape index (κ2) is 13.1. The summed E-state index contributed by atoms with van der Waals surface area (Å²) in [7, 11) is 0. The molecule has 0 radical (unpaired) electrons. The molecule has 0 saturated carbocycles. The van der Waals surface area contributed by atoms with Crippen LogP contribution in [0.5, 0.6) is 11.5 Å². The highest BCUT2D eigenvalue weighted by Crippen LogP contribution is 2.37. The van der Waals surface area contributed by atoms with Gasteiger partial charge in [-0.05, 0) is 81.1 Å². The minimum absolute atomic E-state index is 0.363. The maximum atomic E-state index is 12.1. The van der Waals surface area contributed by atoms with Gasteiger partial charge in [0.15, 0.2) is 11.5 Å². The maximum absolute atomic E-state index is 12.1. The van der Waals surface area contributed by atoms with Gasteiger partial charge in [0.25, 0.3) is 0 Å². The first kappa shape index (κ1) is 26.4. The van der Waals surface area contributed by atoms with Crippen molar-refractivity contribution in [2.45, 2.75) is 26.9 Å². The average Bonchev–Trinajstić information content (AvgIpc) is 2.81. The van der Waals surface area contributed by atoms with Gasteiger partial charge < -0.3 is 14.8 Å². The van der Waals surface area contributed by atoms with Crippen LogP contribution >= 0.6 is 31.9 Å². The van der Waals surface area contributed by atoms with E-state index in [0.29, 0.717) is 40.4 Å². The molecule has 0 heterocycles. The zero-order valence-electron chi connectivity index (χ0n) is 19.3. The zero-order valence-corrected chi connectivity index (χ0v) is 22.5. The number of hydrogen-bond acceptors (Lipinski definition) is 5. The van der Waals surface area contributed by atoms with Crippen LogP contribution in [-0.2, 0) is 16.2 Å². The number of carbonyl (C=O) groups is 2. The summed E-state index contributed by atoms with van der Waals surface area (Å²) in [5.74, 6) is 0.154. The van der Waals surface area contributed by atoms with Crippen molar-refractivity contribution < 1.29 is 19.1 Å². The van der Waals surface area contributed by atoms with E-state index < -0.39 is 11.8 Å². The van der Waals surface area contributed by atoms with Crippen LogP contribution in [0.3, 0.4) is 0 Å². The first-order chi connectivity index (χ1) is 16.9. The Morgan fingerprint density at radius 1 is 0.971 bits per heavy atom. The fraction of sp³-hybridized carbons (Fsp3) is 0.192. The summed E-state index contributed by atoms with van der Waals surface area (Å²) in [6.07, 6.45) is 1.11. The van der Waals surface area contributed by atoms with Crippen LogP contribution in [0.15, 0.2) is 74.7 Å². The normalized spacial score (nSPS) is 10.7. The van der Waals surface area contributed by atoms with Gasteiger partial charge >= 0.3 is 0 Å². The van der Waals surface area contributed by atoms with Crippen LogP contribution in [-0.4, -0.2) is 24.6 Å². The van der Waals surface area contributed by atoms with Crippen LogP contribution in [0.25, 0.3) is 0 Å². The molecule has 3 aromatic carbocycles. The summed E-state index contributed by atoms with van der Waals surface area (Å²) in [6.45, 7) is 4.77. The third-order valence-corrected chi connectivity index (χ3v) is 5.99. The van der Waals surface area contributed by atoms with Crippen molar-refractivity contribution >= 4 is 55.6 Å². The van der Waals surface area contributed by atoms with Gasteiger partial charge in [0.05, 0.1) is 23.0 Å². The summed E-state index contributed by atoms with van der Waals surface area (Å²) in [6, 6.07) is 18.9. The van der Waals surface area contributed by atoms with E-state index in [1.807, 2.05) is 50.2 Å². The number of halogens is 2. The fourth-order valence-electron chi connectivity index (χ4n) is 3.03. The first-order valence-electron chi connectivity index (χ1n) is 10.9. The smallest absolute Gasteiger partial charge is 0.249 e. The quantitative estimate of drug-likeness (QED) is 0.170. The molecule has 0 aliphatic heterocycles. The van der Waals surface area contributed by atoms with Gasteiger partial charge in [-0.15, -0.1) is 0 Å². The number of hydrogen-bond donors (Lipinski definition) is 2. The standard InChI is InChI=1S/C26H25Br2N3O4/c1-3-34-23-13-19(12-21(28)26(23)35-16-18-10-8-17(2)9-11-18)15-29-31-25(33)14-24(32)30-22-7-5-4-6-20(22)27/h4-13,15H,3,14,16H2,1-2H3,(H,30,32)(H,31,33). The molecular weight excluding hydrogens is 578 g/mol. The molecule has 3 rings (SSSR count). The molecule has 0 spiro atoms. The average molecular weight is 603 g/mol. The van der Waals surface area contributed by atoms with Crippen molar-refractivity contribution in [3.63, 3.8) is 0 Å². The van der Waals surface area contributed by atoms with Gasteiger partial charge in [-0.25, -0.2) is 5.43 Å². The van der Waals surface area contributed by atoms with E-state index in [4.69, 9.17) is 9.47 Å². The lowest BCUT2D eigenvalue weighted by Crippen LogP contribution is -2.24. The van der Waals surface area contributed by atoms with E-state index >= 15 is 0 Å². The molecule has 0 saturated heterocycles. The van der Waals surface area contributed by atoms with Gasteiger partial charge in [-0.3, -0.25) is 9.59 Å². The van der Waals surface area contributed by atoms with Crippen molar-refractivity contribution in [2.24, 2.45) is 5.10 Å². The van der Waals surface area contributed by atoms with Crippen molar-refractivity contribution in [3.05, 3.63) is 86.3 Å². The lowest BCUT2D eigenvalue weighted by atomic mass is 10.2. The molecule has 0 unspecified atom stereocenters. The summed E-state index contributed by atoms with van der Waals surface area (Å²) >= 11 is 6.88. The molecule has 0 aromatic heterocycles. The topological polar surface area (TPSA) is 89.0 Å². The van der Waals surface area contributed by atoms with Crippen LogP contribution in [0, 0.1) is 6.92 Å². The highest BCUT2D eigenvalue weighted by molar-refractivity contribution is 9.11. The molecule has 0 atom stereocenters. The van der Waals surface area contributed by atoms with E-state index in [1.165, 1.54) is 11.8 Å². The number of benzene rings is 3. The minimum atomic E-state index is -0.534.